The molecule has 5 heteroatoms. The van der Waals surface area contributed by atoms with Gasteiger partial charge < -0.3 is 20.1 Å². The summed E-state index contributed by atoms with van der Waals surface area (Å²) in [6.45, 7) is 5.03. The van der Waals surface area contributed by atoms with E-state index in [9.17, 15) is 4.79 Å². The molecule has 2 aromatic carbocycles. The smallest absolute Gasteiger partial charge is 0.243 e. The van der Waals surface area contributed by atoms with Gasteiger partial charge in [0.1, 0.15) is 11.5 Å². The van der Waals surface area contributed by atoms with Crippen molar-refractivity contribution in [2.45, 2.75) is 13.8 Å². The van der Waals surface area contributed by atoms with Crippen LogP contribution in [0.2, 0.25) is 0 Å². The van der Waals surface area contributed by atoms with E-state index in [2.05, 4.69) is 24.5 Å². The van der Waals surface area contributed by atoms with Gasteiger partial charge in [0.2, 0.25) is 5.91 Å². The number of carbonyl (C=O) groups excluding carboxylic acids is 1. The number of carbonyl (C=O) groups is 1. The van der Waals surface area contributed by atoms with Crippen LogP contribution in [-0.2, 0) is 4.79 Å². The molecule has 0 saturated heterocycles. The average molecular weight is 328 g/mol. The Morgan fingerprint density at radius 2 is 1.92 bits per heavy atom. The van der Waals surface area contributed by atoms with Gasteiger partial charge in [-0.1, -0.05) is 32.0 Å². The first-order valence-corrected chi connectivity index (χ1v) is 7.98. The number of benzene rings is 2. The first-order chi connectivity index (χ1) is 11.6. The van der Waals surface area contributed by atoms with Crippen molar-refractivity contribution in [1.29, 1.82) is 0 Å². The minimum Gasteiger partial charge on any atom is -0.495 e. The molecule has 0 spiro atoms. The number of methoxy groups -OCH3 is 1. The summed E-state index contributed by atoms with van der Waals surface area (Å²) in [7, 11) is 1.58. The minimum absolute atomic E-state index is 0.145. The van der Waals surface area contributed by atoms with Crippen molar-refractivity contribution in [2.75, 3.05) is 30.9 Å². The molecule has 0 bridgehead atoms. The quantitative estimate of drug-likeness (QED) is 0.774. The van der Waals surface area contributed by atoms with Crippen molar-refractivity contribution in [2.24, 2.45) is 5.92 Å². The van der Waals surface area contributed by atoms with Crippen molar-refractivity contribution in [3.63, 3.8) is 0 Å². The van der Waals surface area contributed by atoms with E-state index in [-0.39, 0.29) is 12.5 Å². The van der Waals surface area contributed by atoms with Crippen molar-refractivity contribution in [3.05, 3.63) is 48.5 Å². The molecule has 128 valence electrons. The molecule has 0 aliphatic rings. The molecule has 0 heterocycles. The Balaban J connectivity index is 1.88. The summed E-state index contributed by atoms with van der Waals surface area (Å²) in [4.78, 5) is 12.1. The number of hydrogen-bond acceptors (Lipinski definition) is 4. The van der Waals surface area contributed by atoms with Crippen LogP contribution < -0.4 is 20.1 Å². The third-order valence-electron chi connectivity index (χ3n) is 3.25. The van der Waals surface area contributed by atoms with Crippen LogP contribution in [0.1, 0.15) is 13.8 Å². The first-order valence-electron chi connectivity index (χ1n) is 7.98. The molecular weight excluding hydrogens is 304 g/mol. The van der Waals surface area contributed by atoms with Crippen LogP contribution in [0.25, 0.3) is 0 Å². The molecule has 2 rings (SSSR count). The van der Waals surface area contributed by atoms with Crippen molar-refractivity contribution in [3.8, 4) is 11.5 Å². The predicted molar refractivity (Wildman–Crippen MR) is 96.9 cm³/mol. The largest absolute Gasteiger partial charge is 0.495 e. The summed E-state index contributed by atoms with van der Waals surface area (Å²) in [5.74, 6) is 1.75. The molecule has 0 radical (unpaired) electrons. The molecular formula is C19H24N2O3. The maximum absolute atomic E-state index is 12.1. The number of ether oxygens (including phenoxy) is 2. The summed E-state index contributed by atoms with van der Waals surface area (Å²) in [6, 6.07) is 14.9. The van der Waals surface area contributed by atoms with Crippen LogP contribution in [0.15, 0.2) is 48.5 Å². The van der Waals surface area contributed by atoms with Crippen LogP contribution in [0.3, 0.4) is 0 Å². The Bertz CT molecular complexity index is 671. The van der Waals surface area contributed by atoms with Gasteiger partial charge in [-0.2, -0.15) is 0 Å². The lowest BCUT2D eigenvalue weighted by molar-refractivity contribution is -0.114. The topological polar surface area (TPSA) is 59.6 Å². The van der Waals surface area contributed by atoms with Gasteiger partial charge >= 0.3 is 0 Å². The van der Waals surface area contributed by atoms with Gasteiger partial charge in [0.25, 0.3) is 0 Å². The summed E-state index contributed by atoms with van der Waals surface area (Å²) >= 11 is 0. The van der Waals surface area contributed by atoms with Gasteiger partial charge in [-0.3, -0.25) is 4.79 Å². The molecule has 2 N–H and O–H groups in total. The highest BCUT2D eigenvalue weighted by atomic mass is 16.5. The summed E-state index contributed by atoms with van der Waals surface area (Å²) in [5, 5.41) is 5.93. The van der Waals surface area contributed by atoms with Crippen molar-refractivity contribution >= 4 is 17.3 Å². The second-order valence-electron chi connectivity index (χ2n) is 5.83. The Kier molecular flexibility index (Phi) is 6.49. The fourth-order valence-electron chi connectivity index (χ4n) is 2.08. The van der Waals surface area contributed by atoms with E-state index in [1.165, 1.54) is 0 Å². The van der Waals surface area contributed by atoms with Gasteiger partial charge in [0, 0.05) is 11.8 Å². The van der Waals surface area contributed by atoms with E-state index in [0.29, 0.717) is 24.0 Å². The number of hydrogen-bond donors (Lipinski definition) is 2. The van der Waals surface area contributed by atoms with Crippen LogP contribution in [0.5, 0.6) is 11.5 Å². The SMILES string of the molecule is COc1ccccc1NC(=O)CNc1cccc(OCC(C)C)c1. The van der Waals surface area contributed by atoms with Crippen molar-refractivity contribution in [1.82, 2.24) is 0 Å². The summed E-state index contributed by atoms with van der Waals surface area (Å²) < 4.78 is 10.9. The zero-order chi connectivity index (χ0) is 17.4. The highest BCUT2D eigenvalue weighted by Crippen LogP contribution is 2.23. The van der Waals surface area contributed by atoms with Gasteiger partial charge in [0.05, 0.1) is 25.9 Å². The molecule has 0 saturated carbocycles. The second-order valence-corrected chi connectivity index (χ2v) is 5.83. The maximum atomic E-state index is 12.1. The van der Waals surface area contributed by atoms with E-state index in [1.54, 1.807) is 19.2 Å². The number of nitrogens with one attached hydrogen (secondary N) is 2. The van der Waals surface area contributed by atoms with E-state index >= 15 is 0 Å². The Hall–Kier alpha value is -2.69. The van der Waals surface area contributed by atoms with Gasteiger partial charge in [-0.15, -0.1) is 0 Å². The lowest BCUT2D eigenvalue weighted by Gasteiger charge is -2.12. The molecule has 0 aliphatic carbocycles. The number of para-hydroxylation sites is 2. The fourth-order valence-corrected chi connectivity index (χ4v) is 2.08. The van der Waals surface area contributed by atoms with Crippen LogP contribution in [0, 0.1) is 5.92 Å². The molecule has 0 unspecified atom stereocenters. The minimum atomic E-state index is -0.145. The van der Waals surface area contributed by atoms with Gasteiger partial charge in [0.15, 0.2) is 0 Å². The van der Waals surface area contributed by atoms with Crippen LogP contribution in [0.4, 0.5) is 11.4 Å². The molecule has 24 heavy (non-hydrogen) atoms. The third kappa shape index (κ3) is 5.50. The zero-order valence-electron chi connectivity index (χ0n) is 14.3. The highest BCUT2D eigenvalue weighted by Gasteiger charge is 2.07. The Morgan fingerprint density at radius 3 is 2.67 bits per heavy atom. The lowest BCUT2D eigenvalue weighted by atomic mass is 10.2. The van der Waals surface area contributed by atoms with E-state index in [1.807, 2.05) is 36.4 Å². The Labute approximate surface area is 143 Å². The fraction of sp³-hybridized carbons (Fsp3) is 0.316. The molecule has 0 fully saturated rings. The number of anilines is 2. The van der Waals surface area contributed by atoms with E-state index in [0.717, 1.165) is 11.4 Å². The first kappa shape index (κ1) is 17.7. The molecule has 0 aliphatic heterocycles. The third-order valence-corrected chi connectivity index (χ3v) is 3.25. The van der Waals surface area contributed by atoms with E-state index in [4.69, 9.17) is 9.47 Å². The zero-order valence-corrected chi connectivity index (χ0v) is 14.3. The molecule has 1 amide bonds. The van der Waals surface area contributed by atoms with Crippen LogP contribution in [-0.4, -0.2) is 26.2 Å². The number of rotatable bonds is 8. The monoisotopic (exact) mass is 328 g/mol. The normalized spacial score (nSPS) is 10.3. The van der Waals surface area contributed by atoms with Crippen LogP contribution >= 0.6 is 0 Å². The molecule has 2 aromatic rings. The molecule has 0 aromatic heterocycles. The maximum Gasteiger partial charge on any atom is 0.243 e. The lowest BCUT2D eigenvalue weighted by Crippen LogP contribution is -2.22. The average Bonchev–Trinajstić information content (AvgIpc) is 2.59. The predicted octanol–water partition coefficient (Wildman–Crippen LogP) is 3.78. The second kappa shape index (κ2) is 8.82. The van der Waals surface area contributed by atoms with Crippen molar-refractivity contribution < 1.29 is 14.3 Å². The summed E-state index contributed by atoms with van der Waals surface area (Å²) in [5.41, 5.74) is 1.49. The molecule has 5 nitrogen and oxygen atoms in total. The number of amides is 1. The summed E-state index contributed by atoms with van der Waals surface area (Å²) in [6.07, 6.45) is 0. The molecule has 0 atom stereocenters. The van der Waals surface area contributed by atoms with Gasteiger partial charge in [-0.25, -0.2) is 0 Å². The van der Waals surface area contributed by atoms with Gasteiger partial charge in [-0.05, 0) is 30.2 Å². The van der Waals surface area contributed by atoms with E-state index < -0.39 is 0 Å². The highest BCUT2D eigenvalue weighted by molar-refractivity contribution is 5.95. The Morgan fingerprint density at radius 1 is 1.12 bits per heavy atom. The standard InChI is InChI=1S/C19H24N2O3/c1-14(2)13-24-16-8-6-7-15(11-16)20-12-19(22)21-17-9-4-5-10-18(17)23-3/h4-11,14,20H,12-13H2,1-3H3,(H,21,22).